The van der Waals surface area contributed by atoms with E-state index in [1.54, 1.807) is 16.4 Å². The van der Waals surface area contributed by atoms with Crippen molar-refractivity contribution < 1.29 is 17.9 Å². The molecule has 0 saturated carbocycles. The minimum Gasteiger partial charge on any atom is -0.482 e. The van der Waals surface area contributed by atoms with E-state index >= 15 is 0 Å². The van der Waals surface area contributed by atoms with Crippen LogP contribution in [0.15, 0.2) is 23.1 Å². The number of ether oxygens (including phenoxy) is 1. The molecule has 0 bridgehead atoms. The summed E-state index contributed by atoms with van der Waals surface area (Å²) >= 11 is 0. The van der Waals surface area contributed by atoms with Crippen LogP contribution in [-0.4, -0.2) is 51.4 Å². The van der Waals surface area contributed by atoms with Gasteiger partial charge in [-0.1, -0.05) is 0 Å². The monoisotopic (exact) mass is 351 g/mol. The number of benzene rings is 1. The molecule has 0 aromatic heterocycles. The Morgan fingerprint density at radius 2 is 2.12 bits per heavy atom. The third-order valence-corrected chi connectivity index (χ3v) is 7.03. The van der Waals surface area contributed by atoms with Crippen LogP contribution in [0.25, 0.3) is 0 Å². The smallest absolute Gasteiger partial charge is 0.262 e. The Morgan fingerprint density at radius 1 is 1.25 bits per heavy atom. The molecule has 2 N–H and O–H groups in total. The van der Waals surface area contributed by atoms with Crippen LogP contribution < -0.4 is 15.4 Å². The number of nitrogens with zero attached hydrogens (tertiary/aromatic N) is 1. The largest absolute Gasteiger partial charge is 0.482 e. The van der Waals surface area contributed by atoms with E-state index in [4.69, 9.17) is 4.74 Å². The zero-order valence-corrected chi connectivity index (χ0v) is 14.2. The van der Waals surface area contributed by atoms with Crippen LogP contribution >= 0.6 is 0 Å². The number of piperidine rings is 1. The highest BCUT2D eigenvalue weighted by atomic mass is 32.2. The third-order valence-electron chi connectivity index (χ3n) is 5.19. The highest BCUT2D eigenvalue weighted by Crippen LogP contribution is 2.39. The molecule has 3 aliphatic heterocycles. The summed E-state index contributed by atoms with van der Waals surface area (Å²) in [6.45, 7) is 2.96. The van der Waals surface area contributed by atoms with Crippen molar-refractivity contribution in [3.63, 3.8) is 0 Å². The van der Waals surface area contributed by atoms with Crippen molar-refractivity contribution in [2.24, 2.45) is 5.41 Å². The second-order valence-electron chi connectivity index (χ2n) is 6.86. The number of carbonyl (C=O) groups excluding carboxylic acids is 1. The average Bonchev–Trinajstić information content (AvgIpc) is 2.99. The number of anilines is 1. The maximum Gasteiger partial charge on any atom is 0.262 e. The Balaban J connectivity index is 1.59. The van der Waals surface area contributed by atoms with Crippen molar-refractivity contribution in [1.82, 2.24) is 9.62 Å². The van der Waals surface area contributed by atoms with Crippen molar-refractivity contribution in [2.75, 3.05) is 38.1 Å². The molecule has 0 unspecified atom stereocenters. The quantitative estimate of drug-likeness (QED) is 0.822. The summed E-state index contributed by atoms with van der Waals surface area (Å²) in [6.07, 6.45) is 3.06. The molecule has 24 heavy (non-hydrogen) atoms. The fraction of sp³-hybridized carbons (Fsp3) is 0.562. The zero-order valence-electron chi connectivity index (χ0n) is 13.4. The molecule has 2 saturated heterocycles. The van der Waals surface area contributed by atoms with Gasteiger partial charge in [0.15, 0.2) is 6.61 Å². The summed E-state index contributed by atoms with van der Waals surface area (Å²) in [4.78, 5) is 11.6. The number of rotatable bonds is 2. The van der Waals surface area contributed by atoms with Crippen LogP contribution in [0, 0.1) is 5.41 Å². The van der Waals surface area contributed by atoms with Crippen LogP contribution in [0.2, 0.25) is 0 Å². The molecular weight excluding hydrogens is 330 g/mol. The predicted octanol–water partition coefficient (Wildman–Crippen LogP) is 0.782. The Morgan fingerprint density at radius 3 is 2.92 bits per heavy atom. The molecule has 1 aromatic rings. The Kier molecular flexibility index (Phi) is 3.78. The summed E-state index contributed by atoms with van der Waals surface area (Å²) in [6, 6.07) is 4.65. The lowest BCUT2D eigenvalue weighted by Gasteiger charge is -2.33. The number of carbonyl (C=O) groups is 1. The molecule has 1 amide bonds. The van der Waals surface area contributed by atoms with Gasteiger partial charge in [0.05, 0.1) is 10.6 Å². The van der Waals surface area contributed by atoms with E-state index in [1.807, 2.05) is 0 Å². The van der Waals surface area contributed by atoms with E-state index < -0.39 is 10.0 Å². The van der Waals surface area contributed by atoms with Gasteiger partial charge in [-0.15, -0.1) is 0 Å². The highest BCUT2D eigenvalue weighted by Gasteiger charge is 2.43. The van der Waals surface area contributed by atoms with Gasteiger partial charge in [0.2, 0.25) is 10.0 Å². The van der Waals surface area contributed by atoms with Gasteiger partial charge < -0.3 is 15.4 Å². The normalized spacial score (nSPS) is 27.6. The molecule has 130 valence electrons. The number of hydrogen-bond donors (Lipinski definition) is 2. The van der Waals surface area contributed by atoms with Crippen LogP contribution in [-0.2, 0) is 14.8 Å². The van der Waals surface area contributed by atoms with Gasteiger partial charge in [0.1, 0.15) is 5.75 Å². The second kappa shape index (κ2) is 5.72. The molecule has 8 heteroatoms. The summed E-state index contributed by atoms with van der Waals surface area (Å²) in [5.41, 5.74) is 0.484. The van der Waals surface area contributed by atoms with Crippen molar-refractivity contribution in [3.8, 4) is 5.75 Å². The van der Waals surface area contributed by atoms with Gasteiger partial charge in [-0.3, -0.25) is 4.79 Å². The third kappa shape index (κ3) is 2.68. The molecular formula is C16H21N3O4S. The summed E-state index contributed by atoms with van der Waals surface area (Å²) in [7, 11) is -3.57. The van der Waals surface area contributed by atoms with Crippen LogP contribution in [0.5, 0.6) is 5.75 Å². The van der Waals surface area contributed by atoms with Crippen molar-refractivity contribution >= 4 is 21.6 Å². The molecule has 0 aliphatic carbocycles. The maximum atomic E-state index is 13.0. The van der Waals surface area contributed by atoms with Crippen LogP contribution in [0.4, 0.5) is 5.69 Å². The highest BCUT2D eigenvalue weighted by molar-refractivity contribution is 7.89. The SMILES string of the molecule is O=C1COc2ccc(S(=O)(=O)N3CC[C@@]4(CCCNC4)C3)cc2N1. The predicted molar refractivity (Wildman–Crippen MR) is 88.5 cm³/mol. The summed E-state index contributed by atoms with van der Waals surface area (Å²) in [5, 5.41) is 6.05. The maximum absolute atomic E-state index is 13.0. The van der Waals surface area contributed by atoms with Crippen LogP contribution in [0.3, 0.4) is 0 Å². The van der Waals surface area contributed by atoms with E-state index in [2.05, 4.69) is 10.6 Å². The average molecular weight is 351 g/mol. The van der Waals surface area contributed by atoms with Gasteiger partial charge in [-0.05, 0) is 49.4 Å². The molecule has 3 aliphatic rings. The lowest BCUT2D eigenvalue weighted by atomic mass is 9.80. The van der Waals surface area contributed by atoms with Gasteiger partial charge in [-0.2, -0.15) is 4.31 Å². The number of amides is 1. The molecule has 1 atom stereocenters. The Labute approximate surface area is 141 Å². The molecule has 2 fully saturated rings. The van der Waals surface area contributed by atoms with Gasteiger partial charge in [0.25, 0.3) is 5.91 Å². The number of hydrogen-bond acceptors (Lipinski definition) is 5. The fourth-order valence-electron chi connectivity index (χ4n) is 3.85. The molecule has 7 nitrogen and oxygen atoms in total. The van der Waals surface area contributed by atoms with Gasteiger partial charge >= 0.3 is 0 Å². The lowest BCUT2D eigenvalue weighted by molar-refractivity contribution is -0.118. The first-order valence-electron chi connectivity index (χ1n) is 8.26. The number of sulfonamides is 1. The summed E-state index contributed by atoms with van der Waals surface area (Å²) in [5.74, 6) is 0.230. The van der Waals surface area contributed by atoms with Crippen molar-refractivity contribution in [1.29, 1.82) is 0 Å². The fourth-order valence-corrected chi connectivity index (χ4v) is 5.43. The second-order valence-corrected chi connectivity index (χ2v) is 8.80. The van der Waals surface area contributed by atoms with Crippen LogP contribution in [0.1, 0.15) is 19.3 Å². The Bertz CT molecular complexity index is 772. The van der Waals surface area contributed by atoms with Crippen molar-refractivity contribution in [3.05, 3.63) is 18.2 Å². The standard InChI is InChI=1S/C16H21N3O4S/c20-15-9-23-14-3-2-12(8-13(14)18-15)24(21,22)19-7-5-16(11-19)4-1-6-17-10-16/h2-3,8,17H,1,4-7,9-11H2,(H,18,20)/t16-/m1/s1. The van der Waals surface area contributed by atoms with E-state index in [9.17, 15) is 13.2 Å². The molecule has 1 spiro atoms. The van der Waals surface area contributed by atoms with Gasteiger partial charge in [-0.25, -0.2) is 8.42 Å². The number of nitrogens with one attached hydrogen (secondary N) is 2. The first-order chi connectivity index (χ1) is 11.5. The molecule has 1 aromatic carbocycles. The zero-order chi connectivity index (χ0) is 16.8. The molecule has 0 radical (unpaired) electrons. The van der Waals surface area contributed by atoms with Gasteiger partial charge in [0, 0.05) is 19.6 Å². The minimum atomic E-state index is -3.57. The topological polar surface area (TPSA) is 87.7 Å². The van der Waals surface area contributed by atoms with E-state index in [0.717, 1.165) is 32.4 Å². The lowest BCUT2D eigenvalue weighted by Crippen LogP contribution is -2.42. The number of fused-ring (bicyclic) bond motifs is 1. The first kappa shape index (κ1) is 15.9. The minimum absolute atomic E-state index is 0.0409. The first-order valence-corrected chi connectivity index (χ1v) is 9.70. The van der Waals surface area contributed by atoms with E-state index in [1.165, 1.54) is 6.07 Å². The summed E-state index contributed by atoms with van der Waals surface area (Å²) < 4.78 is 32.8. The Hall–Kier alpha value is -1.64. The van der Waals surface area contributed by atoms with E-state index in [-0.39, 0.29) is 22.8 Å². The molecule has 3 heterocycles. The molecule has 4 rings (SSSR count). The van der Waals surface area contributed by atoms with Crippen molar-refractivity contribution in [2.45, 2.75) is 24.2 Å². The van der Waals surface area contributed by atoms with E-state index in [0.29, 0.717) is 24.5 Å².